The van der Waals surface area contributed by atoms with Gasteiger partial charge in [0.25, 0.3) is 5.91 Å². The lowest BCUT2D eigenvalue weighted by Gasteiger charge is -1.99. The summed E-state index contributed by atoms with van der Waals surface area (Å²) in [6.45, 7) is 0.0140. The van der Waals surface area contributed by atoms with E-state index in [-0.39, 0.29) is 18.1 Å². The molecule has 0 N–H and O–H groups in total. The van der Waals surface area contributed by atoms with Crippen molar-refractivity contribution in [3.63, 3.8) is 0 Å². The second-order valence-corrected chi connectivity index (χ2v) is 3.27. The molecule has 6 nitrogen and oxygen atoms in total. The minimum absolute atomic E-state index is 0.0140. The Morgan fingerprint density at radius 1 is 1.33 bits per heavy atom. The first-order chi connectivity index (χ1) is 7.18. The number of rotatable bonds is 1. The van der Waals surface area contributed by atoms with Crippen LogP contribution in [0.5, 0.6) is 11.5 Å². The van der Waals surface area contributed by atoms with Gasteiger partial charge in [0, 0.05) is 0 Å². The minimum atomic E-state index is -2.76. The number of nitrogens with zero attached hydrogens (tertiary/aromatic N) is 1. The Morgan fingerprint density at radius 3 is 2.87 bits per heavy atom. The lowest BCUT2D eigenvalue weighted by Crippen LogP contribution is -1.98. The molecule has 2 rings (SSSR count). The van der Waals surface area contributed by atoms with E-state index in [1.807, 2.05) is 0 Å². The van der Waals surface area contributed by atoms with Gasteiger partial charge in [-0.15, -0.1) is 0 Å². The molecule has 0 unspecified atom stereocenters. The van der Waals surface area contributed by atoms with E-state index in [0.29, 0.717) is 5.75 Å². The van der Waals surface area contributed by atoms with Crippen molar-refractivity contribution in [2.75, 3.05) is 6.79 Å². The molecule has 0 spiro atoms. The molecule has 7 heteroatoms. The van der Waals surface area contributed by atoms with Crippen LogP contribution in [0.15, 0.2) is 22.6 Å². The van der Waals surface area contributed by atoms with E-state index in [9.17, 15) is 13.2 Å². The van der Waals surface area contributed by atoms with Crippen molar-refractivity contribution < 1.29 is 22.7 Å². The van der Waals surface area contributed by atoms with Crippen molar-refractivity contribution >= 4 is 16.4 Å². The van der Waals surface area contributed by atoms with Gasteiger partial charge in [0.2, 0.25) is 6.79 Å². The van der Waals surface area contributed by atoms with Gasteiger partial charge in [-0.3, -0.25) is 4.79 Å². The Labute approximate surface area is 86.1 Å². The van der Waals surface area contributed by atoms with Crippen LogP contribution in [0.3, 0.4) is 0 Å². The first-order valence-electron chi connectivity index (χ1n) is 3.92. The average molecular weight is 227 g/mol. The zero-order valence-electron chi connectivity index (χ0n) is 7.34. The van der Waals surface area contributed by atoms with Crippen LogP contribution in [0.25, 0.3) is 0 Å². The quantitative estimate of drug-likeness (QED) is 0.702. The number of benzene rings is 1. The monoisotopic (exact) mass is 227 g/mol. The lowest BCUT2D eigenvalue weighted by molar-refractivity contribution is 0.100. The second kappa shape index (κ2) is 3.70. The van der Waals surface area contributed by atoms with Gasteiger partial charge in [0.05, 0.1) is 5.56 Å². The Kier molecular flexibility index (Phi) is 2.38. The maximum absolute atomic E-state index is 11.3. The predicted molar refractivity (Wildman–Crippen MR) is 48.2 cm³/mol. The fourth-order valence-corrected chi connectivity index (χ4v) is 1.45. The summed E-state index contributed by atoms with van der Waals surface area (Å²) in [6, 6.07) is 4.60. The number of hydrogen-bond donors (Lipinski definition) is 0. The topological polar surface area (TPSA) is 82.0 Å². The molecule has 0 aromatic heterocycles. The second-order valence-electron chi connectivity index (χ2n) is 2.65. The summed E-state index contributed by atoms with van der Waals surface area (Å²) < 4.78 is 33.4. The highest BCUT2D eigenvalue weighted by Crippen LogP contribution is 2.35. The fraction of sp³-hybridized carbons (Fsp3) is 0.125. The average Bonchev–Trinajstić information content (AvgIpc) is 2.63. The minimum Gasteiger partial charge on any atom is -0.454 e. The van der Waals surface area contributed by atoms with Crippen LogP contribution >= 0.6 is 0 Å². The Bertz CT molecular complexity index is 540. The summed E-state index contributed by atoms with van der Waals surface area (Å²) in [7, 11) is -2.76. The molecular weight excluding hydrogens is 222 g/mol. The summed E-state index contributed by atoms with van der Waals surface area (Å²) in [5.41, 5.74) is 0.0780. The summed E-state index contributed by atoms with van der Waals surface area (Å²) in [4.78, 5) is 11.3. The number of fused-ring (bicyclic) bond motifs is 1. The third-order valence-electron chi connectivity index (χ3n) is 1.78. The Morgan fingerprint density at radius 2 is 2.13 bits per heavy atom. The van der Waals surface area contributed by atoms with Gasteiger partial charge in [-0.25, -0.2) is 0 Å². The van der Waals surface area contributed by atoms with E-state index in [2.05, 4.69) is 4.36 Å². The molecule has 78 valence electrons. The molecular formula is C8H5NO5S. The van der Waals surface area contributed by atoms with E-state index in [0.717, 1.165) is 0 Å². The molecule has 1 aromatic rings. The van der Waals surface area contributed by atoms with Gasteiger partial charge in [-0.1, -0.05) is 10.4 Å². The number of amides is 1. The summed E-state index contributed by atoms with van der Waals surface area (Å²) in [6.07, 6.45) is 0. The number of ether oxygens (including phenoxy) is 2. The normalized spacial score (nSPS) is 12.3. The fourth-order valence-electron chi connectivity index (χ4n) is 1.22. The highest BCUT2D eigenvalue weighted by molar-refractivity contribution is 7.62. The van der Waals surface area contributed by atoms with Gasteiger partial charge in [0.15, 0.2) is 11.5 Å². The molecule has 0 atom stereocenters. The number of carbonyl (C=O) groups excluding carboxylic acids is 1. The predicted octanol–water partition coefficient (Wildman–Crippen LogP) is 0.618. The largest absolute Gasteiger partial charge is 0.454 e. The van der Waals surface area contributed by atoms with E-state index < -0.39 is 16.4 Å². The van der Waals surface area contributed by atoms with Crippen LogP contribution in [0.4, 0.5) is 0 Å². The van der Waals surface area contributed by atoms with E-state index in [1.165, 1.54) is 6.07 Å². The molecule has 1 amide bonds. The van der Waals surface area contributed by atoms with Gasteiger partial charge >= 0.3 is 10.5 Å². The molecule has 0 fully saturated rings. The van der Waals surface area contributed by atoms with E-state index in [1.54, 1.807) is 12.1 Å². The first kappa shape index (κ1) is 9.66. The zero-order chi connectivity index (χ0) is 10.8. The third kappa shape index (κ3) is 1.82. The highest BCUT2D eigenvalue weighted by Gasteiger charge is 2.21. The number of hydrogen-bond acceptors (Lipinski definition) is 5. The van der Waals surface area contributed by atoms with Gasteiger partial charge < -0.3 is 9.47 Å². The van der Waals surface area contributed by atoms with Crippen LogP contribution in [0, 0.1) is 0 Å². The van der Waals surface area contributed by atoms with Crippen LogP contribution in [-0.4, -0.2) is 21.1 Å². The molecule has 0 radical (unpaired) electrons. The molecule has 1 aliphatic heterocycles. The third-order valence-corrected chi connectivity index (χ3v) is 2.10. The van der Waals surface area contributed by atoms with E-state index in [4.69, 9.17) is 9.47 Å². The molecule has 0 saturated heterocycles. The van der Waals surface area contributed by atoms with Crippen LogP contribution in [0.2, 0.25) is 0 Å². The summed E-state index contributed by atoms with van der Waals surface area (Å²) >= 11 is 0. The van der Waals surface area contributed by atoms with Crippen molar-refractivity contribution in [3.05, 3.63) is 23.8 Å². The van der Waals surface area contributed by atoms with Gasteiger partial charge in [0.1, 0.15) is 0 Å². The zero-order valence-corrected chi connectivity index (χ0v) is 8.15. The van der Waals surface area contributed by atoms with Crippen molar-refractivity contribution in [2.24, 2.45) is 4.36 Å². The molecule has 1 heterocycles. The van der Waals surface area contributed by atoms with Gasteiger partial charge in [-0.05, 0) is 12.1 Å². The molecule has 0 aliphatic carbocycles. The highest BCUT2D eigenvalue weighted by atomic mass is 32.2. The van der Waals surface area contributed by atoms with Crippen LogP contribution in [0.1, 0.15) is 10.4 Å². The summed E-state index contributed by atoms with van der Waals surface area (Å²) in [5.74, 6) is -0.227. The van der Waals surface area contributed by atoms with Crippen LogP contribution < -0.4 is 9.47 Å². The number of para-hydroxylation sites is 1. The smallest absolute Gasteiger partial charge is 0.319 e. The van der Waals surface area contributed by atoms with Crippen LogP contribution in [-0.2, 0) is 10.5 Å². The molecule has 0 bridgehead atoms. The SMILES string of the molecule is O=C(N=S(=O)=O)c1cccc2c1OCO2. The van der Waals surface area contributed by atoms with Crippen molar-refractivity contribution in [1.82, 2.24) is 0 Å². The number of carbonyl (C=O) groups is 1. The Hall–Kier alpha value is -1.89. The lowest BCUT2D eigenvalue weighted by atomic mass is 10.2. The molecule has 1 aliphatic rings. The van der Waals surface area contributed by atoms with Crippen molar-refractivity contribution in [2.45, 2.75) is 0 Å². The molecule has 15 heavy (non-hydrogen) atoms. The Balaban J connectivity index is 2.50. The standard InChI is InChI=1S/C8H5NO5S/c10-8(9-15(11)12)5-2-1-3-6-7(5)14-4-13-6/h1-3H,4H2. The van der Waals surface area contributed by atoms with Gasteiger partial charge in [-0.2, -0.15) is 8.42 Å². The summed E-state index contributed by atoms with van der Waals surface area (Å²) in [5, 5.41) is 0. The maximum atomic E-state index is 11.3. The maximum Gasteiger partial charge on any atom is 0.319 e. The molecule has 1 aromatic carbocycles. The molecule has 0 saturated carbocycles. The first-order valence-corrected chi connectivity index (χ1v) is 4.96. The van der Waals surface area contributed by atoms with Crippen molar-refractivity contribution in [1.29, 1.82) is 0 Å². The van der Waals surface area contributed by atoms with E-state index >= 15 is 0 Å². The van der Waals surface area contributed by atoms with Crippen molar-refractivity contribution in [3.8, 4) is 11.5 Å².